The average molecular weight is 280 g/mol. The van der Waals surface area contributed by atoms with Crippen molar-refractivity contribution in [1.82, 2.24) is 9.55 Å². The second-order valence-electron chi connectivity index (χ2n) is 3.81. The molecule has 0 saturated heterocycles. The SMILES string of the molecule is [B]c1nc(C=O)c(C(=O)OCCOCCOC)n1CC. The van der Waals surface area contributed by atoms with E-state index >= 15 is 0 Å². The van der Waals surface area contributed by atoms with Crippen molar-refractivity contribution in [3.63, 3.8) is 0 Å². The summed E-state index contributed by atoms with van der Waals surface area (Å²) in [6.07, 6.45) is 0.480. The van der Waals surface area contributed by atoms with Crippen LogP contribution in [0.15, 0.2) is 0 Å². The molecule has 0 aliphatic heterocycles. The highest BCUT2D eigenvalue weighted by Gasteiger charge is 2.21. The Hall–Kier alpha value is -1.67. The summed E-state index contributed by atoms with van der Waals surface area (Å²) in [4.78, 5) is 26.6. The Balaban J connectivity index is 2.57. The van der Waals surface area contributed by atoms with Gasteiger partial charge in [-0.25, -0.2) is 9.78 Å². The third-order valence-corrected chi connectivity index (χ3v) is 2.54. The van der Waals surface area contributed by atoms with Crippen LogP contribution in [-0.2, 0) is 20.8 Å². The van der Waals surface area contributed by atoms with Crippen molar-refractivity contribution < 1.29 is 23.8 Å². The molecule has 20 heavy (non-hydrogen) atoms. The molecule has 0 atom stereocenters. The zero-order valence-corrected chi connectivity index (χ0v) is 11.6. The summed E-state index contributed by atoms with van der Waals surface area (Å²) in [5.41, 5.74) is 0.157. The van der Waals surface area contributed by atoms with Gasteiger partial charge >= 0.3 is 5.97 Å². The number of carbonyl (C=O) groups excluding carboxylic acids is 2. The van der Waals surface area contributed by atoms with Crippen molar-refractivity contribution in [3.05, 3.63) is 11.4 Å². The van der Waals surface area contributed by atoms with Crippen LogP contribution in [0.5, 0.6) is 0 Å². The summed E-state index contributed by atoms with van der Waals surface area (Å²) in [6.45, 7) is 3.44. The molecule has 108 valence electrons. The third-order valence-electron chi connectivity index (χ3n) is 2.54. The molecule has 1 aromatic heterocycles. The molecule has 0 amide bonds. The average Bonchev–Trinajstić information content (AvgIpc) is 2.78. The maximum atomic E-state index is 11.9. The standard InChI is InChI=1S/C12H17BN2O5/c1-3-15-10(9(8-16)14-12(15)13)11(17)20-7-6-19-5-4-18-2/h8H,3-7H2,1-2H3. The highest BCUT2D eigenvalue weighted by Crippen LogP contribution is 2.06. The second-order valence-corrected chi connectivity index (χ2v) is 3.81. The lowest BCUT2D eigenvalue weighted by atomic mass is 10.1. The van der Waals surface area contributed by atoms with Crippen molar-refractivity contribution in [2.45, 2.75) is 13.5 Å². The van der Waals surface area contributed by atoms with Gasteiger partial charge in [0.2, 0.25) is 0 Å². The second kappa shape index (κ2) is 8.49. The molecule has 1 aromatic rings. The van der Waals surface area contributed by atoms with Crippen LogP contribution < -0.4 is 5.72 Å². The predicted octanol–water partition coefficient (Wildman–Crippen LogP) is -0.671. The van der Waals surface area contributed by atoms with E-state index in [9.17, 15) is 9.59 Å². The number of aromatic nitrogens is 2. The molecule has 2 radical (unpaired) electrons. The van der Waals surface area contributed by atoms with Gasteiger partial charge < -0.3 is 18.8 Å². The fourth-order valence-electron chi connectivity index (χ4n) is 1.61. The zero-order valence-electron chi connectivity index (χ0n) is 11.6. The van der Waals surface area contributed by atoms with E-state index < -0.39 is 5.97 Å². The number of nitrogens with zero attached hydrogens (tertiary/aromatic N) is 2. The van der Waals surface area contributed by atoms with Gasteiger partial charge in [0.25, 0.3) is 0 Å². The Labute approximate surface area is 118 Å². The number of carbonyl (C=O) groups is 2. The highest BCUT2D eigenvalue weighted by molar-refractivity contribution is 6.30. The molecule has 0 aliphatic rings. The van der Waals surface area contributed by atoms with E-state index in [1.54, 1.807) is 14.0 Å². The Bertz CT molecular complexity index is 461. The molecule has 0 bridgehead atoms. The topological polar surface area (TPSA) is 79.7 Å². The quantitative estimate of drug-likeness (QED) is 0.258. The van der Waals surface area contributed by atoms with Gasteiger partial charge in [-0.3, -0.25) is 4.79 Å². The maximum Gasteiger partial charge on any atom is 0.357 e. The Morgan fingerprint density at radius 2 is 2.05 bits per heavy atom. The molecule has 0 N–H and O–H groups in total. The number of aldehydes is 1. The van der Waals surface area contributed by atoms with Gasteiger partial charge in [0, 0.05) is 13.7 Å². The van der Waals surface area contributed by atoms with Crippen molar-refractivity contribution in [2.24, 2.45) is 0 Å². The summed E-state index contributed by atoms with van der Waals surface area (Å²) in [6, 6.07) is 0. The van der Waals surface area contributed by atoms with Crippen LogP contribution in [0.1, 0.15) is 27.9 Å². The highest BCUT2D eigenvalue weighted by atomic mass is 16.6. The maximum absolute atomic E-state index is 11.9. The number of rotatable bonds is 9. The monoisotopic (exact) mass is 280 g/mol. The number of hydrogen-bond donors (Lipinski definition) is 0. The largest absolute Gasteiger partial charge is 0.459 e. The predicted molar refractivity (Wildman–Crippen MR) is 71.7 cm³/mol. The summed E-state index contributed by atoms with van der Waals surface area (Å²) < 4.78 is 16.4. The summed E-state index contributed by atoms with van der Waals surface area (Å²) >= 11 is 0. The van der Waals surface area contributed by atoms with E-state index in [1.165, 1.54) is 4.57 Å². The fraction of sp³-hybridized carbons (Fsp3) is 0.583. The molecule has 0 aromatic carbocycles. The first kappa shape index (κ1) is 16.4. The van der Waals surface area contributed by atoms with E-state index in [0.29, 0.717) is 26.0 Å². The van der Waals surface area contributed by atoms with Crippen molar-refractivity contribution in [1.29, 1.82) is 0 Å². The number of ether oxygens (including phenoxy) is 3. The molecule has 0 saturated carbocycles. The minimum absolute atomic E-state index is 0.0188. The minimum atomic E-state index is -0.645. The van der Waals surface area contributed by atoms with Crippen LogP contribution in [0.2, 0.25) is 0 Å². The van der Waals surface area contributed by atoms with Crippen LogP contribution in [0.4, 0.5) is 0 Å². The van der Waals surface area contributed by atoms with E-state index in [0.717, 1.165) is 0 Å². The first-order valence-corrected chi connectivity index (χ1v) is 6.20. The van der Waals surface area contributed by atoms with Gasteiger partial charge in [-0.15, -0.1) is 0 Å². The zero-order chi connectivity index (χ0) is 15.0. The minimum Gasteiger partial charge on any atom is -0.459 e. The molecular formula is C12H17BN2O5. The normalized spacial score (nSPS) is 10.5. The molecule has 1 rings (SSSR count). The third kappa shape index (κ3) is 4.17. The Kier molecular flexibility index (Phi) is 6.96. The summed E-state index contributed by atoms with van der Waals surface area (Å²) in [5.74, 6) is -0.645. The molecule has 0 spiro atoms. The molecule has 0 unspecified atom stereocenters. The molecule has 1 heterocycles. The lowest BCUT2D eigenvalue weighted by Gasteiger charge is -2.09. The molecule has 0 fully saturated rings. The first-order valence-electron chi connectivity index (χ1n) is 6.20. The number of methoxy groups -OCH3 is 1. The van der Waals surface area contributed by atoms with Crippen LogP contribution in [-0.4, -0.2) is 63.2 Å². The van der Waals surface area contributed by atoms with Gasteiger partial charge in [-0.1, -0.05) is 0 Å². The summed E-state index contributed by atoms with van der Waals surface area (Å²) in [7, 11) is 7.19. The fourth-order valence-corrected chi connectivity index (χ4v) is 1.61. The molecule has 7 nitrogen and oxygen atoms in total. The van der Waals surface area contributed by atoms with Crippen LogP contribution in [0.25, 0.3) is 0 Å². The lowest BCUT2D eigenvalue weighted by molar-refractivity contribution is 0.0205. The van der Waals surface area contributed by atoms with Gasteiger partial charge in [0.05, 0.1) is 25.5 Å². The Morgan fingerprint density at radius 3 is 2.65 bits per heavy atom. The first-order chi connectivity index (χ1) is 9.65. The number of esters is 1. The van der Waals surface area contributed by atoms with Crippen molar-refractivity contribution >= 4 is 25.8 Å². The Morgan fingerprint density at radius 1 is 1.35 bits per heavy atom. The van der Waals surface area contributed by atoms with Gasteiger partial charge in [-0.05, 0) is 6.92 Å². The summed E-state index contributed by atoms with van der Waals surface area (Å²) in [5, 5.41) is 0. The van der Waals surface area contributed by atoms with E-state index in [1.807, 2.05) is 0 Å². The van der Waals surface area contributed by atoms with Crippen LogP contribution in [0.3, 0.4) is 0 Å². The number of hydrogen-bond acceptors (Lipinski definition) is 6. The number of imidazole rings is 1. The van der Waals surface area contributed by atoms with Crippen LogP contribution >= 0.6 is 0 Å². The van der Waals surface area contributed by atoms with E-state index in [4.69, 9.17) is 22.1 Å². The smallest absolute Gasteiger partial charge is 0.357 e. The molecular weight excluding hydrogens is 263 g/mol. The van der Waals surface area contributed by atoms with Gasteiger partial charge in [0.15, 0.2) is 19.8 Å². The van der Waals surface area contributed by atoms with Crippen molar-refractivity contribution in [2.75, 3.05) is 33.5 Å². The molecule has 0 aliphatic carbocycles. The van der Waals surface area contributed by atoms with Crippen molar-refractivity contribution in [3.8, 4) is 0 Å². The van der Waals surface area contributed by atoms with E-state index in [2.05, 4.69) is 4.98 Å². The van der Waals surface area contributed by atoms with Crippen LogP contribution in [0, 0.1) is 0 Å². The van der Waals surface area contributed by atoms with E-state index in [-0.39, 0.29) is 30.3 Å². The molecule has 8 heteroatoms. The lowest BCUT2D eigenvalue weighted by Crippen LogP contribution is -2.23. The van der Waals surface area contributed by atoms with Gasteiger partial charge in [-0.2, -0.15) is 0 Å². The van der Waals surface area contributed by atoms with Gasteiger partial charge in [0.1, 0.15) is 12.3 Å².